The molecule has 1 amide bonds. The summed E-state index contributed by atoms with van der Waals surface area (Å²) in [6.07, 6.45) is 0. The first-order chi connectivity index (χ1) is 12.6. The highest BCUT2D eigenvalue weighted by Gasteiger charge is 2.26. The van der Waals surface area contributed by atoms with Gasteiger partial charge in [0.2, 0.25) is 5.91 Å². The van der Waals surface area contributed by atoms with Gasteiger partial charge in [0.25, 0.3) is 0 Å². The number of para-hydroxylation sites is 3. The molecule has 3 rings (SSSR count). The highest BCUT2D eigenvalue weighted by atomic mass is 35.5. The standard InChI is InChI=1S/C20H24ClN3O2/c1-15(20(25)22-17-8-4-6-10-19(17)26-2)23-11-13-24(14-12-23)18-9-5-3-7-16(18)21/h3-10,15H,11-14H2,1-2H3,(H,22,25)/t15-/m1/s1. The largest absolute Gasteiger partial charge is 0.495 e. The number of carbonyl (C=O) groups is 1. The summed E-state index contributed by atoms with van der Waals surface area (Å²) in [7, 11) is 1.60. The number of hydrogen-bond donors (Lipinski definition) is 1. The van der Waals surface area contributed by atoms with Gasteiger partial charge in [-0.3, -0.25) is 9.69 Å². The van der Waals surface area contributed by atoms with Gasteiger partial charge in [-0.1, -0.05) is 35.9 Å². The number of nitrogens with zero attached hydrogens (tertiary/aromatic N) is 2. The molecule has 6 heteroatoms. The maximum atomic E-state index is 12.6. The normalized spacial score (nSPS) is 16.2. The zero-order chi connectivity index (χ0) is 18.5. The van der Waals surface area contributed by atoms with Gasteiger partial charge in [0, 0.05) is 26.2 Å². The summed E-state index contributed by atoms with van der Waals surface area (Å²) in [5, 5.41) is 3.74. The molecule has 2 aromatic rings. The first-order valence-corrected chi connectivity index (χ1v) is 9.15. The Bertz CT molecular complexity index is 760. The van der Waals surface area contributed by atoms with Crippen LogP contribution in [0.2, 0.25) is 5.02 Å². The van der Waals surface area contributed by atoms with Crippen LogP contribution in [0.15, 0.2) is 48.5 Å². The lowest BCUT2D eigenvalue weighted by molar-refractivity contribution is -0.120. The first kappa shape index (κ1) is 18.5. The summed E-state index contributed by atoms with van der Waals surface area (Å²) in [6, 6.07) is 15.1. The number of ether oxygens (including phenoxy) is 1. The molecule has 5 nitrogen and oxygen atoms in total. The number of carbonyl (C=O) groups excluding carboxylic acids is 1. The second-order valence-electron chi connectivity index (χ2n) is 6.34. The number of piperazine rings is 1. The molecule has 0 spiro atoms. The van der Waals surface area contributed by atoms with Gasteiger partial charge in [-0.15, -0.1) is 0 Å². The lowest BCUT2D eigenvalue weighted by Gasteiger charge is -2.38. The van der Waals surface area contributed by atoms with E-state index in [0.717, 1.165) is 36.9 Å². The van der Waals surface area contributed by atoms with Crippen LogP contribution in [0.4, 0.5) is 11.4 Å². The van der Waals surface area contributed by atoms with Crippen molar-refractivity contribution < 1.29 is 9.53 Å². The van der Waals surface area contributed by atoms with Gasteiger partial charge in [0.1, 0.15) is 5.75 Å². The van der Waals surface area contributed by atoms with Gasteiger partial charge in [-0.2, -0.15) is 0 Å². The summed E-state index contributed by atoms with van der Waals surface area (Å²) in [4.78, 5) is 17.1. The van der Waals surface area contributed by atoms with Crippen molar-refractivity contribution in [3.05, 3.63) is 53.6 Å². The second-order valence-corrected chi connectivity index (χ2v) is 6.75. The minimum atomic E-state index is -0.215. The molecule has 0 saturated carbocycles. The molecule has 1 N–H and O–H groups in total. The molecule has 0 unspecified atom stereocenters. The van der Waals surface area contributed by atoms with Crippen molar-refractivity contribution in [3.63, 3.8) is 0 Å². The highest BCUT2D eigenvalue weighted by molar-refractivity contribution is 6.33. The molecule has 26 heavy (non-hydrogen) atoms. The van der Waals surface area contributed by atoms with Gasteiger partial charge in [-0.05, 0) is 31.2 Å². The number of anilines is 2. The fourth-order valence-electron chi connectivity index (χ4n) is 3.21. The van der Waals surface area contributed by atoms with E-state index in [0.29, 0.717) is 11.4 Å². The van der Waals surface area contributed by atoms with Crippen LogP contribution < -0.4 is 15.0 Å². The van der Waals surface area contributed by atoms with Crippen molar-refractivity contribution in [1.82, 2.24) is 4.90 Å². The fourth-order valence-corrected chi connectivity index (χ4v) is 3.46. The Morgan fingerprint density at radius 3 is 2.42 bits per heavy atom. The summed E-state index contributed by atoms with van der Waals surface area (Å²) >= 11 is 6.29. The monoisotopic (exact) mass is 373 g/mol. The third-order valence-corrected chi connectivity index (χ3v) is 5.12. The molecule has 0 bridgehead atoms. The molecule has 1 saturated heterocycles. The molecular weight excluding hydrogens is 350 g/mol. The maximum Gasteiger partial charge on any atom is 0.241 e. The van der Waals surface area contributed by atoms with E-state index < -0.39 is 0 Å². The molecule has 1 aliphatic rings. The molecule has 138 valence electrons. The van der Waals surface area contributed by atoms with E-state index in [4.69, 9.17) is 16.3 Å². The number of amides is 1. The Kier molecular flexibility index (Phi) is 6.01. The van der Waals surface area contributed by atoms with E-state index in [1.54, 1.807) is 7.11 Å². The predicted molar refractivity (Wildman–Crippen MR) is 106 cm³/mol. The Morgan fingerprint density at radius 2 is 1.73 bits per heavy atom. The lowest BCUT2D eigenvalue weighted by atomic mass is 10.2. The highest BCUT2D eigenvalue weighted by Crippen LogP contribution is 2.27. The minimum Gasteiger partial charge on any atom is -0.495 e. The molecule has 0 aromatic heterocycles. The zero-order valence-electron chi connectivity index (χ0n) is 15.1. The van der Waals surface area contributed by atoms with E-state index in [1.165, 1.54) is 0 Å². The van der Waals surface area contributed by atoms with Gasteiger partial charge < -0.3 is 15.0 Å². The van der Waals surface area contributed by atoms with Crippen LogP contribution in [0, 0.1) is 0 Å². The molecule has 1 atom stereocenters. The second kappa shape index (κ2) is 8.43. The van der Waals surface area contributed by atoms with E-state index in [9.17, 15) is 4.79 Å². The van der Waals surface area contributed by atoms with Crippen LogP contribution in [0.1, 0.15) is 6.92 Å². The average molecular weight is 374 g/mol. The first-order valence-electron chi connectivity index (χ1n) is 8.77. The van der Waals surface area contributed by atoms with Crippen LogP contribution in [0.25, 0.3) is 0 Å². The number of rotatable bonds is 5. The minimum absolute atomic E-state index is 0.0271. The van der Waals surface area contributed by atoms with Crippen molar-refractivity contribution in [2.75, 3.05) is 43.5 Å². The van der Waals surface area contributed by atoms with Crippen molar-refractivity contribution >= 4 is 28.9 Å². The number of methoxy groups -OCH3 is 1. The lowest BCUT2D eigenvalue weighted by Crippen LogP contribution is -2.52. The van der Waals surface area contributed by atoms with Crippen molar-refractivity contribution in [3.8, 4) is 5.75 Å². The maximum absolute atomic E-state index is 12.6. The summed E-state index contributed by atoms with van der Waals surface area (Å²) in [5.74, 6) is 0.636. The van der Waals surface area contributed by atoms with Gasteiger partial charge in [0.05, 0.1) is 29.5 Å². The van der Waals surface area contributed by atoms with Crippen LogP contribution in [0.3, 0.4) is 0 Å². The van der Waals surface area contributed by atoms with Gasteiger partial charge >= 0.3 is 0 Å². The third kappa shape index (κ3) is 4.11. The molecular formula is C20H24ClN3O2. The molecule has 1 fully saturated rings. The third-order valence-electron chi connectivity index (χ3n) is 4.80. The number of halogens is 1. The SMILES string of the molecule is COc1ccccc1NC(=O)[C@@H](C)N1CCN(c2ccccc2Cl)CC1. The topological polar surface area (TPSA) is 44.8 Å². The Balaban J connectivity index is 1.59. The Morgan fingerprint density at radius 1 is 1.08 bits per heavy atom. The van der Waals surface area contributed by atoms with Crippen LogP contribution in [0.5, 0.6) is 5.75 Å². The number of benzene rings is 2. The fraction of sp³-hybridized carbons (Fsp3) is 0.350. The van der Waals surface area contributed by atoms with Gasteiger partial charge in [-0.25, -0.2) is 0 Å². The summed E-state index contributed by atoms with van der Waals surface area (Å²) in [6.45, 7) is 5.25. The summed E-state index contributed by atoms with van der Waals surface area (Å²) in [5.41, 5.74) is 1.75. The zero-order valence-corrected chi connectivity index (χ0v) is 15.9. The van der Waals surface area contributed by atoms with Crippen LogP contribution in [-0.4, -0.2) is 50.1 Å². The van der Waals surface area contributed by atoms with Crippen molar-refractivity contribution in [1.29, 1.82) is 0 Å². The Hall–Kier alpha value is -2.24. The molecule has 1 aliphatic heterocycles. The van der Waals surface area contributed by atoms with E-state index in [-0.39, 0.29) is 11.9 Å². The summed E-state index contributed by atoms with van der Waals surface area (Å²) < 4.78 is 5.30. The molecule has 2 aromatic carbocycles. The predicted octanol–water partition coefficient (Wildman–Crippen LogP) is 3.50. The van der Waals surface area contributed by atoms with Crippen molar-refractivity contribution in [2.24, 2.45) is 0 Å². The number of hydrogen-bond acceptors (Lipinski definition) is 4. The quantitative estimate of drug-likeness (QED) is 0.871. The van der Waals surface area contributed by atoms with Gasteiger partial charge in [0.15, 0.2) is 0 Å². The van der Waals surface area contributed by atoms with Crippen molar-refractivity contribution in [2.45, 2.75) is 13.0 Å². The number of nitrogens with one attached hydrogen (secondary N) is 1. The van der Waals surface area contributed by atoms with E-state index in [2.05, 4.69) is 15.1 Å². The molecule has 1 heterocycles. The molecule has 0 radical (unpaired) electrons. The van der Waals surface area contributed by atoms with Crippen LogP contribution in [-0.2, 0) is 4.79 Å². The molecule has 0 aliphatic carbocycles. The Labute approximate surface area is 159 Å². The van der Waals surface area contributed by atoms with E-state index >= 15 is 0 Å². The van der Waals surface area contributed by atoms with Crippen LogP contribution >= 0.6 is 11.6 Å². The van der Waals surface area contributed by atoms with E-state index in [1.807, 2.05) is 55.5 Å². The average Bonchev–Trinajstić information content (AvgIpc) is 2.68. The smallest absolute Gasteiger partial charge is 0.241 e.